The van der Waals surface area contributed by atoms with Gasteiger partial charge in [-0.15, -0.1) is 11.8 Å². The quantitative estimate of drug-likeness (QED) is 0.556. The van der Waals surface area contributed by atoms with Gasteiger partial charge in [0.15, 0.2) is 0 Å². The van der Waals surface area contributed by atoms with Crippen molar-refractivity contribution in [3.05, 3.63) is 59.7 Å². The van der Waals surface area contributed by atoms with Crippen molar-refractivity contribution >= 4 is 33.7 Å². The van der Waals surface area contributed by atoms with Crippen LogP contribution in [0.1, 0.15) is 15.9 Å². The van der Waals surface area contributed by atoms with Crippen LogP contribution >= 0.6 is 11.8 Å². The largest absolute Gasteiger partial charge is 0.463 e. The molecule has 0 saturated carbocycles. The molecule has 0 aliphatic carbocycles. The minimum Gasteiger partial charge on any atom is -0.463 e. The molecule has 6 nitrogen and oxygen atoms in total. The van der Waals surface area contributed by atoms with Gasteiger partial charge in [0.1, 0.15) is 11.5 Å². The number of amides is 1. The maximum Gasteiger partial charge on any atom is 0.316 e. The highest BCUT2D eigenvalue weighted by molar-refractivity contribution is 8.00. The van der Waals surface area contributed by atoms with Crippen LogP contribution in [0, 0.1) is 6.92 Å². The highest BCUT2D eigenvalue weighted by atomic mass is 32.2. The predicted octanol–water partition coefficient (Wildman–Crippen LogP) is 2.48. The lowest BCUT2D eigenvalue weighted by molar-refractivity contribution is -0.140. The molecule has 1 aliphatic heterocycles. The molecule has 2 aromatic rings. The number of aryl methyl sites for hydroxylation is 1. The maximum atomic E-state index is 12.4. The highest BCUT2D eigenvalue weighted by Crippen LogP contribution is 2.29. The molecule has 26 heavy (non-hydrogen) atoms. The zero-order chi connectivity index (χ0) is 18.7. The molecule has 1 aliphatic rings. The van der Waals surface area contributed by atoms with E-state index in [-0.39, 0.29) is 29.4 Å². The van der Waals surface area contributed by atoms with Crippen LogP contribution in [0.4, 0.5) is 0 Å². The second-order valence-electron chi connectivity index (χ2n) is 5.65. The van der Waals surface area contributed by atoms with Gasteiger partial charge >= 0.3 is 5.97 Å². The van der Waals surface area contributed by atoms with E-state index in [0.717, 1.165) is 14.8 Å². The Bertz CT molecular complexity index is 956. The summed E-state index contributed by atoms with van der Waals surface area (Å²) in [5, 5.41) is 0. The Kier molecular flexibility index (Phi) is 5.33. The van der Waals surface area contributed by atoms with Crippen molar-refractivity contribution < 1.29 is 22.7 Å². The lowest BCUT2D eigenvalue weighted by Gasteiger charge is -2.15. The molecular formula is C18H17NO5S2. The molecule has 0 saturated heterocycles. The molecule has 8 heteroatoms. The fourth-order valence-corrected chi connectivity index (χ4v) is 4.97. The second kappa shape index (κ2) is 7.51. The zero-order valence-corrected chi connectivity index (χ0v) is 15.7. The lowest BCUT2D eigenvalue weighted by atomic mass is 10.2. The fourth-order valence-electron chi connectivity index (χ4n) is 2.59. The van der Waals surface area contributed by atoms with E-state index in [4.69, 9.17) is 4.74 Å². The molecule has 1 heterocycles. The van der Waals surface area contributed by atoms with E-state index in [0.29, 0.717) is 0 Å². The van der Waals surface area contributed by atoms with Gasteiger partial charge in [0.25, 0.3) is 15.9 Å². The Balaban J connectivity index is 1.53. The molecule has 3 rings (SSSR count). The van der Waals surface area contributed by atoms with E-state index in [9.17, 15) is 18.0 Å². The zero-order valence-electron chi connectivity index (χ0n) is 14.0. The summed E-state index contributed by atoms with van der Waals surface area (Å²) in [6.07, 6.45) is 0. The van der Waals surface area contributed by atoms with Crippen molar-refractivity contribution in [2.24, 2.45) is 0 Å². The Hall–Kier alpha value is -2.32. The summed E-state index contributed by atoms with van der Waals surface area (Å²) in [6.45, 7) is 1.58. The van der Waals surface area contributed by atoms with Gasteiger partial charge < -0.3 is 4.74 Å². The molecule has 1 amide bonds. The Morgan fingerprint density at radius 1 is 1.12 bits per heavy atom. The summed E-state index contributed by atoms with van der Waals surface area (Å²) in [6, 6.07) is 13.7. The number of esters is 1. The standard InChI is InChI=1S/C18H17NO5S2/c1-13-6-2-4-8-15(13)25-12-17(20)24-11-10-19-18(21)14-7-3-5-9-16(14)26(19,22)23/h2-9H,10-12H2,1H3. The number of benzene rings is 2. The third kappa shape index (κ3) is 3.61. The molecule has 0 bridgehead atoms. The Labute approximate surface area is 156 Å². The minimum atomic E-state index is -3.87. The molecule has 0 N–H and O–H groups in total. The van der Waals surface area contributed by atoms with Gasteiger partial charge in [-0.2, -0.15) is 0 Å². The third-order valence-corrected chi connectivity index (χ3v) is 6.90. The van der Waals surface area contributed by atoms with Crippen molar-refractivity contribution in [2.75, 3.05) is 18.9 Å². The van der Waals surface area contributed by atoms with Crippen molar-refractivity contribution in [2.45, 2.75) is 16.7 Å². The van der Waals surface area contributed by atoms with Gasteiger partial charge in [0, 0.05) is 4.90 Å². The van der Waals surface area contributed by atoms with Gasteiger partial charge in [0.05, 0.1) is 17.9 Å². The summed E-state index contributed by atoms with van der Waals surface area (Å²) in [4.78, 5) is 25.1. The van der Waals surface area contributed by atoms with E-state index in [2.05, 4.69) is 0 Å². The van der Waals surface area contributed by atoms with E-state index in [1.54, 1.807) is 12.1 Å². The van der Waals surface area contributed by atoms with Crippen LogP contribution in [0.2, 0.25) is 0 Å². The Morgan fingerprint density at radius 2 is 1.81 bits per heavy atom. The lowest BCUT2D eigenvalue weighted by Crippen LogP contribution is -2.33. The first kappa shape index (κ1) is 18.5. The molecule has 0 fully saturated rings. The highest BCUT2D eigenvalue weighted by Gasteiger charge is 2.40. The molecule has 0 spiro atoms. The summed E-state index contributed by atoms with van der Waals surface area (Å²) >= 11 is 1.35. The summed E-state index contributed by atoms with van der Waals surface area (Å²) < 4.78 is 30.6. The van der Waals surface area contributed by atoms with Gasteiger partial charge in [-0.05, 0) is 30.7 Å². The second-order valence-corrected chi connectivity index (χ2v) is 8.50. The predicted molar refractivity (Wildman–Crippen MR) is 97.5 cm³/mol. The van der Waals surface area contributed by atoms with E-state index in [1.165, 1.54) is 23.9 Å². The van der Waals surface area contributed by atoms with Crippen LogP contribution in [0.5, 0.6) is 0 Å². The van der Waals surface area contributed by atoms with Crippen molar-refractivity contribution in [1.82, 2.24) is 4.31 Å². The number of thioether (sulfide) groups is 1. The molecule has 0 aromatic heterocycles. The molecule has 0 radical (unpaired) electrons. The number of hydrogen-bond acceptors (Lipinski definition) is 6. The molecular weight excluding hydrogens is 374 g/mol. The number of carbonyl (C=O) groups is 2. The summed E-state index contributed by atoms with van der Waals surface area (Å²) in [7, 11) is -3.87. The van der Waals surface area contributed by atoms with Crippen molar-refractivity contribution in [3.8, 4) is 0 Å². The first-order valence-corrected chi connectivity index (χ1v) is 10.3. The van der Waals surface area contributed by atoms with Crippen LogP contribution in [0.15, 0.2) is 58.3 Å². The monoisotopic (exact) mass is 391 g/mol. The third-order valence-electron chi connectivity index (χ3n) is 3.91. The van der Waals surface area contributed by atoms with Crippen LogP contribution in [-0.2, 0) is 19.6 Å². The smallest absolute Gasteiger partial charge is 0.316 e. The molecule has 2 aromatic carbocycles. The summed E-state index contributed by atoms with van der Waals surface area (Å²) in [5.74, 6) is -0.933. The minimum absolute atomic E-state index is 0.00793. The normalized spacial score (nSPS) is 15.0. The van der Waals surface area contributed by atoms with Crippen molar-refractivity contribution in [1.29, 1.82) is 0 Å². The first-order chi connectivity index (χ1) is 12.4. The average molecular weight is 391 g/mol. The van der Waals surface area contributed by atoms with Crippen LogP contribution in [0.3, 0.4) is 0 Å². The van der Waals surface area contributed by atoms with E-state index < -0.39 is 21.9 Å². The number of rotatable bonds is 6. The van der Waals surface area contributed by atoms with Gasteiger partial charge in [-0.1, -0.05) is 30.3 Å². The van der Waals surface area contributed by atoms with Gasteiger partial charge in [-0.25, -0.2) is 12.7 Å². The molecule has 0 atom stereocenters. The van der Waals surface area contributed by atoms with Crippen molar-refractivity contribution in [3.63, 3.8) is 0 Å². The topological polar surface area (TPSA) is 80.8 Å². The Morgan fingerprint density at radius 3 is 2.54 bits per heavy atom. The SMILES string of the molecule is Cc1ccccc1SCC(=O)OCCN1C(=O)c2ccccc2S1(=O)=O. The van der Waals surface area contributed by atoms with Gasteiger partial charge in [0.2, 0.25) is 0 Å². The first-order valence-electron chi connectivity index (χ1n) is 7.91. The maximum absolute atomic E-state index is 12.4. The molecule has 0 unspecified atom stereocenters. The van der Waals surface area contributed by atoms with Crippen LogP contribution in [0.25, 0.3) is 0 Å². The summed E-state index contributed by atoms with van der Waals surface area (Å²) in [5.41, 5.74) is 1.21. The van der Waals surface area contributed by atoms with E-state index >= 15 is 0 Å². The van der Waals surface area contributed by atoms with Crippen LogP contribution in [-0.4, -0.2) is 43.5 Å². The number of hydrogen-bond donors (Lipinski definition) is 0. The number of fused-ring (bicyclic) bond motifs is 1. The fraction of sp³-hybridized carbons (Fsp3) is 0.222. The van der Waals surface area contributed by atoms with Crippen LogP contribution < -0.4 is 0 Å². The van der Waals surface area contributed by atoms with E-state index in [1.807, 2.05) is 31.2 Å². The van der Waals surface area contributed by atoms with Gasteiger partial charge in [-0.3, -0.25) is 9.59 Å². The molecule has 136 valence electrons. The number of ether oxygens (including phenoxy) is 1. The number of nitrogens with zero attached hydrogens (tertiary/aromatic N) is 1. The number of carbonyl (C=O) groups excluding carboxylic acids is 2. The average Bonchev–Trinajstić information content (AvgIpc) is 2.82. The number of sulfonamides is 1.